The van der Waals surface area contributed by atoms with E-state index in [1.54, 1.807) is 37.5 Å². The van der Waals surface area contributed by atoms with Crippen LogP contribution in [0.15, 0.2) is 54.6 Å². The highest BCUT2D eigenvalue weighted by molar-refractivity contribution is 6.08. The van der Waals surface area contributed by atoms with Crippen molar-refractivity contribution in [3.8, 4) is 11.5 Å². The molecule has 0 bridgehead atoms. The number of hydrogen-bond donors (Lipinski definition) is 0. The Morgan fingerprint density at radius 2 is 1.68 bits per heavy atom. The summed E-state index contributed by atoms with van der Waals surface area (Å²) < 4.78 is 10.1. The van der Waals surface area contributed by atoms with Crippen LogP contribution in [0.5, 0.6) is 11.5 Å². The summed E-state index contributed by atoms with van der Waals surface area (Å²) in [5, 5.41) is 0. The van der Waals surface area contributed by atoms with Gasteiger partial charge in [0.25, 0.3) is 0 Å². The molecule has 0 atom stereocenters. The monoisotopic (exact) mass is 296 g/mol. The summed E-state index contributed by atoms with van der Waals surface area (Å²) in [5.74, 6) is 0.329. The van der Waals surface area contributed by atoms with E-state index in [0.717, 1.165) is 11.3 Å². The molecule has 0 radical (unpaired) electrons. The van der Waals surface area contributed by atoms with Gasteiger partial charge in [-0.2, -0.15) is 0 Å². The lowest BCUT2D eigenvalue weighted by atomic mass is 10.1. The van der Waals surface area contributed by atoms with Crippen molar-refractivity contribution in [1.29, 1.82) is 0 Å². The molecular formula is C18H16O4. The van der Waals surface area contributed by atoms with Gasteiger partial charge in [-0.25, -0.2) is 0 Å². The predicted molar refractivity (Wildman–Crippen MR) is 84.1 cm³/mol. The Hall–Kier alpha value is -2.88. The summed E-state index contributed by atoms with van der Waals surface area (Å²) in [5.41, 5.74) is 1.22. The van der Waals surface area contributed by atoms with Gasteiger partial charge in [-0.05, 0) is 35.9 Å². The fraction of sp³-hybridized carbons (Fsp3) is 0.111. The maximum Gasteiger partial charge on any atom is 0.308 e. The number of methoxy groups -OCH3 is 1. The van der Waals surface area contributed by atoms with E-state index in [0.29, 0.717) is 5.56 Å². The standard InChI is InChI=1S/C18H16O4/c1-13(19)22-18-6-4-3-5-16(18)17(20)12-9-14-7-10-15(21-2)11-8-14/h3-12H,1-2H3/b12-9-. The largest absolute Gasteiger partial charge is 0.497 e. The van der Waals surface area contributed by atoms with Gasteiger partial charge < -0.3 is 9.47 Å². The zero-order chi connectivity index (χ0) is 15.9. The quantitative estimate of drug-likeness (QED) is 0.367. The van der Waals surface area contributed by atoms with Gasteiger partial charge >= 0.3 is 5.97 Å². The van der Waals surface area contributed by atoms with Gasteiger partial charge in [0.05, 0.1) is 12.7 Å². The molecule has 4 nitrogen and oxygen atoms in total. The fourth-order valence-corrected chi connectivity index (χ4v) is 1.89. The van der Waals surface area contributed by atoms with Gasteiger partial charge in [0, 0.05) is 6.92 Å². The topological polar surface area (TPSA) is 52.6 Å². The van der Waals surface area contributed by atoms with Gasteiger partial charge in [-0.15, -0.1) is 0 Å². The normalized spacial score (nSPS) is 10.5. The lowest BCUT2D eigenvalue weighted by molar-refractivity contribution is -0.131. The maximum atomic E-state index is 12.2. The first kappa shape index (κ1) is 15.5. The minimum absolute atomic E-state index is 0.229. The van der Waals surface area contributed by atoms with E-state index in [4.69, 9.17) is 9.47 Å². The maximum absolute atomic E-state index is 12.2. The number of carbonyl (C=O) groups is 2. The van der Waals surface area contributed by atoms with Crippen molar-refractivity contribution in [2.45, 2.75) is 6.92 Å². The molecule has 0 spiro atoms. The summed E-state index contributed by atoms with van der Waals surface area (Å²) in [4.78, 5) is 23.3. The minimum atomic E-state index is -0.459. The van der Waals surface area contributed by atoms with Gasteiger partial charge in [0.15, 0.2) is 5.78 Å². The smallest absolute Gasteiger partial charge is 0.308 e. The van der Waals surface area contributed by atoms with Crippen molar-refractivity contribution >= 4 is 17.8 Å². The van der Waals surface area contributed by atoms with Crippen molar-refractivity contribution < 1.29 is 19.1 Å². The molecule has 112 valence electrons. The molecule has 0 fully saturated rings. The molecule has 0 aromatic heterocycles. The van der Waals surface area contributed by atoms with E-state index in [1.807, 2.05) is 24.3 Å². The Bertz CT molecular complexity index is 699. The third-order valence-electron chi connectivity index (χ3n) is 2.95. The van der Waals surface area contributed by atoms with Crippen molar-refractivity contribution in [3.05, 3.63) is 65.7 Å². The second-order valence-electron chi connectivity index (χ2n) is 4.56. The van der Waals surface area contributed by atoms with Crippen molar-refractivity contribution in [1.82, 2.24) is 0 Å². The van der Waals surface area contributed by atoms with Crippen LogP contribution in [0, 0.1) is 0 Å². The van der Waals surface area contributed by atoms with E-state index < -0.39 is 5.97 Å². The van der Waals surface area contributed by atoms with Crippen molar-refractivity contribution in [3.63, 3.8) is 0 Å². The number of allylic oxidation sites excluding steroid dienone is 1. The molecule has 0 saturated carbocycles. The number of ketones is 1. The Morgan fingerprint density at radius 3 is 2.32 bits per heavy atom. The molecule has 0 heterocycles. The summed E-state index contributed by atoms with van der Waals surface area (Å²) in [6, 6.07) is 14.0. The Labute approximate surface area is 129 Å². The summed E-state index contributed by atoms with van der Waals surface area (Å²) >= 11 is 0. The van der Waals surface area contributed by atoms with Crippen LogP contribution in [0.3, 0.4) is 0 Å². The Balaban J connectivity index is 2.17. The number of ether oxygens (including phenoxy) is 2. The van der Waals surface area contributed by atoms with Gasteiger partial charge in [-0.3, -0.25) is 9.59 Å². The second-order valence-corrected chi connectivity index (χ2v) is 4.56. The van der Waals surface area contributed by atoms with Crippen LogP contribution in [0.1, 0.15) is 22.8 Å². The highest BCUT2D eigenvalue weighted by Crippen LogP contribution is 2.20. The SMILES string of the molecule is COc1ccc(/C=C\C(=O)c2ccccc2OC(C)=O)cc1. The highest BCUT2D eigenvalue weighted by atomic mass is 16.5. The molecule has 0 saturated heterocycles. The third kappa shape index (κ3) is 4.06. The number of para-hydroxylation sites is 1. The van der Waals surface area contributed by atoms with Crippen LogP contribution in [-0.4, -0.2) is 18.9 Å². The molecule has 0 aliphatic heterocycles. The summed E-state index contributed by atoms with van der Waals surface area (Å²) in [6.45, 7) is 1.30. The van der Waals surface area contributed by atoms with Gasteiger partial charge in [-0.1, -0.05) is 30.3 Å². The predicted octanol–water partition coefficient (Wildman–Crippen LogP) is 3.52. The molecule has 4 heteroatoms. The average Bonchev–Trinajstić information content (AvgIpc) is 2.53. The molecule has 0 unspecified atom stereocenters. The van der Waals surface area contributed by atoms with Crippen molar-refractivity contribution in [2.75, 3.05) is 7.11 Å². The fourth-order valence-electron chi connectivity index (χ4n) is 1.89. The molecule has 0 amide bonds. The van der Waals surface area contributed by atoms with E-state index in [2.05, 4.69) is 0 Å². The molecule has 2 aromatic carbocycles. The first-order chi connectivity index (χ1) is 10.6. The van der Waals surface area contributed by atoms with E-state index in [9.17, 15) is 9.59 Å². The summed E-state index contributed by atoms with van der Waals surface area (Å²) in [6.07, 6.45) is 3.15. The number of rotatable bonds is 5. The van der Waals surface area contributed by atoms with Crippen LogP contribution >= 0.6 is 0 Å². The van der Waals surface area contributed by atoms with Crippen molar-refractivity contribution in [2.24, 2.45) is 0 Å². The number of hydrogen-bond acceptors (Lipinski definition) is 4. The zero-order valence-electron chi connectivity index (χ0n) is 12.4. The van der Waals surface area contributed by atoms with Gasteiger partial charge in [0.2, 0.25) is 0 Å². The molecular weight excluding hydrogens is 280 g/mol. The van der Waals surface area contributed by atoms with Gasteiger partial charge in [0.1, 0.15) is 11.5 Å². The zero-order valence-corrected chi connectivity index (χ0v) is 12.4. The van der Waals surface area contributed by atoms with Crippen LogP contribution < -0.4 is 9.47 Å². The second kappa shape index (κ2) is 7.22. The van der Waals surface area contributed by atoms with Crippen LogP contribution in [-0.2, 0) is 4.79 Å². The molecule has 0 N–H and O–H groups in total. The first-order valence-electron chi connectivity index (χ1n) is 6.74. The Kier molecular flexibility index (Phi) is 5.09. The number of carbonyl (C=O) groups excluding carboxylic acids is 2. The van der Waals surface area contributed by atoms with Crippen LogP contribution in [0.25, 0.3) is 6.08 Å². The first-order valence-corrected chi connectivity index (χ1v) is 6.74. The van der Waals surface area contributed by atoms with E-state index >= 15 is 0 Å². The summed E-state index contributed by atoms with van der Waals surface area (Å²) in [7, 11) is 1.60. The lowest BCUT2D eigenvalue weighted by Crippen LogP contribution is -2.06. The number of esters is 1. The highest BCUT2D eigenvalue weighted by Gasteiger charge is 2.10. The Morgan fingerprint density at radius 1 is 1.00 bits per heavy atom. The third-order valence-corrected chi connectivity index (χ3v) is 2.95. The molecule has 2 aromatic rings. The molecule has 0 aliphatic carbocycles. The minimum Gasteiger partial charge on any atom is -0.497 e. The van der Waals surface area contributed by atoms with Crippen LogP contribution in [0.4, 0.5) is 0 Å². The lowest BCUT2D eigenvalue weighted by Gasteiger charge is -2.05. The molecule has 22 heavy (non-hydrogen) atoms. The van der Waals surface area contributed by atoms with Crippen LogP contribution in [0.2, 0.25) is 0 Å². The molecule has 2 rings (SSSR count). The number of benzene rings is 2. The average molecular weight is 296 g/mol. The van der Waals surface area contributed by atoms with E-state index in [1.165, 1.54) is 13.0 Å². The van der Waals surface area contributed by atoms with E-state index in [-0.39, 0.29) is 11.5 Å². The molecule has 0 aliphatic rings.